The highest BCUT2D eigenvalue weighted by atomic mass is 16.2. The van der Waals surface area contributed by atoms with Crippen molar-refractivity contribution in [2.24, 2.45) is 33.8 Å². The summed E-state index contributed by atoms with van der Waals surface area (Å²) in [5.41, 5.74) is 21.9. The number of rotatable bonds is 14. The van der Waals surface area contributed by atoms with E-state index in [0.29, 0.717) is 52.0 Å². The van der Waals surface area contributed by atoms with E-state index in [0.717, 1.165) is 25.7 Å². The minimum Gasteiger partial charge on any atom is -0.370 e. The molecular formula is C20H40N8O3. The Morgan fingerprint density at radius 3 is 2.16 bits per heavy atom. The first kappa shape index (κ1) is 26.6. The number of amides is 3. The molecule has 0 saturated carbocycles. The largest absolute Gasteiger partial charge is 0.370 e. The lowest BCUT2D eigenvalue weighted by atomic mass is 10.0. The summed E-state index contributed by atoms with van der Waals surface area (Å²) in [5, 5.41) is 5.54. The van der Waals surface area contributed by atoms with Crippen LogP contribution in [0.5, 0.6) is 0 Å². The number of guanidine groups is 1. The van der Waals surface area contributed by atoms with E-state index in [2.05, 4.69) is 15.6 Å². The third-order valence-corrected chi connectivity index (χ3v) is 5.33. The Hall–Kier alpha value is -2.40. The predicted octanol–water partition coefficient (Wildman–Crippen LogP) is -1.64. The van der Waals surface area contributed by atoms with Crippen LogP contribution < -0.4 is 33.6 Å². The summed E-state index contributed by atoms with van der Waals surface area (Å²) in [6.07, 6.45) is 4.71. The third-order valence-electron chi connectivity index (χ3n) is 5.33. The van der Waals surface area contributed by atoms with Crippen LogP contribution in [0.4, 0.5) is 0 Å². The topological polar surface area (TPSA) is 195 Å². The van der Waals surface area contributed by atoms with E-state index < -0.39 is 12.1 Å². The predicted molar refractivity (Wildman–Crippen MR) is 121 cm³/mol. The molecule has 0 aliphatic carbocycles. The first-order valence-electron chi connectivity index (χ1n) is 11.1. The van der Waals surface area contributed by atoms with Crippen LogP contribution in [0.3, 0.4) is 0 Å². The van der Waals surface area contributed by atoms with Crippen LogP contribution in [0, 0.1) is 5.92 Å². The lowest BCUT2D eigenvalue weighted by Crippen LogP contribution is -2.54. The van der Waals surface area contributed by atoms with Crippen LogP contribution in [0.2, 0.25) is 0 Å². The van der Waals surface area contributed by atoms with Crippen LogP contribution in [0.15, 0.2) is 4.99 Å². The molecule has 0 aromatic heterocycles. The molecule has 1 aliphatic rings. The quantitative estimate of drug-likeness (QED) is 0.106. The van der Waals surface area contributed by atoms with E-state index in [1.54, 1.807) is 4.90 Å². The summed E-state index contributed by atoms with van der Waals surface area (Å²) in [6, 6.07) is -1.35. The molecule has 0 unspecified atom stereocenters. The molecule has 0 aromatic rings. The Morgan fingerprint density at radius 1 is 1.00 bits per heavy atom. The zero-order chi connectivity index (χ0) is 23.2. The van der Waals surface area contributed by atoms with Crippen molar-refractivity contribution in [3.63, 3.8) is 0 Å². The van der Waals surface area contributed by atoms with Crippen LogP contribution in [0.1, 0.15) is 51.9 Å². The smallest absolute Gasteiger partial charge is 0.245 e. The second-order valence-electron chi connectivity index (χ2n) is 8.09. The molecule has 1 saturated heterocycles. The molecule has 0 radical (unpaired) electrons. The van der Waals surface area contributed by atoms with E-state index in [1.165, 1.54) is 6.92 Å². The van der Waals surface area contributed by atoms with E-state index in [-0.39, 0.29) is 29.6 Å². The van der Waals surface area contributed by atoms with Crippen molar-refractivity contribution in [2.45, 2.75) is 64.0 Å². The van der Waals surface area contributed by atoms with Crippen molar-refractivity contribution >= 4 is 23.7 Å². The van der Waals surface area contributed by atoms with Gasteiger partial charge in [0, 0.05) is 26.6 Å². The van der Waals surface area contributed by atoms with Gasteiger partial charge in [0.2, 0.25) is 17.7 Å². The maximum Gasteiger partial charge on any atom is 0.245 e. The summed E-state index contributed by atoms with van der Waals surface area (Å²) in [5.74, 6) is -0.540. The van der Waals surface area contributed by atoms with Crippen molar-refractivity contribution in [1.82, 2.24) is 15.5 Å². The zero-order valence-corrected chi connectivity index (χ0v) is 18.6. The molecule has 10 N–H and O–H groups in total. The lowest BCUT2D eigenvalue weighted by molar-refractivity contribution is -0.137. The number of nitrogens with one attached hydrogen (secondary N) is 2. The van der Waals surface area contributed by atoms with Gasteiger partial charge >= 0.3 is 0 Å². The third kappa shape index (κ3) is 10.5. The number of nitrogens with two attached hydrogens (primary N) is 4. The molecule has 3 atom stereocenters. The first-order chi connectivity index (χ1) is 14.8. The molecular weight excluding hydrogens is 400 g/mol. The summed E-state index contributed by atoms with van der Waals surface area (Å²) in [7, 11) is 0. The number of carbonyl (C=O) groups excluding carboxylic acids is 3. The zero-order valence-electron chi connectivity index (χ0n) is 18.6. The van der Waals surface area contributed by atoms with Crippen LogP contribution >= 0.6 is 0 Å². The van der Waals surface area contributed by atoms with Gasteiger partial charge in [-0.05, 0) is 64.0 Å². The summed E-state index contributed by atoms with van der Waals surface area (Å²) in [4.78, 5) is 43.4. The van der Waals surface area contributed by atoms with Crippen LogP contribution in [0.25, 0.3) is 0 Å². The molecule has 11 nitrogen and oxygen atoms in total. The maximum atomic E-state index is 13.2. The summed E-state index contributed by atoms with van der Waals surface area (Å²) in [6.45, 7) is 4.02. The molecule has 178 valence electrons. The van der Waals surface area contributed by atoms with Gasteiger partial charge in [-0.1, -0.05) is 0 Å². The van der Waals surface area contributed by atoms with Gasteiger partial charge in [0.15, 0.2) is 5.96 Å². The number of hydrogen-bond donors (Lipinski definition) is 6. The fraction of sp³-hybridized carbons (Fsp3) is 0.800. The number of likely N-dealkylation sites (tertiary alicyclic amines) is 1. The van der Waals surface area contributed by atoms with E-state index in [4.69, 9.17) is 22.9 Å². The highest BCUT2D eigenvalue weighted by Crippen LogP contribution is 2.19. The molecule has 31 heavy (non-hydrogen) atoms. The molecule has 1 rings (SSSR count). The van der Waals surface area contributed by atoms with Gasteiger partial charge in [-0.2, -0.15) is 0 Å². The average Bonchev–Trinajstić information content (AvgIpc) is 3.19. The van der Waals surface area contributed by atoms with Crippen molar-refractivity contribution in [2.75, 3.05) is 32.7 Å². The molecule has 0 aromatic carbocycles. The Kier molecular flexibility index (Phi) is 12.5. The van der Waals surface area contributed by atoms with Gasteiger partial charge in [-0.25, -0.2) is 0 Å². The van der Waals surface area contributed by atoms with E-state index in [1.807, 2.05) is 0 Å². The molecule has 0 bridgehead atoms. The van der Waals surface area contributed by atoms with Gasteiger partial charge in [-0.15, -0.1) is 0 Å². The van der Waals surface area contributed by atoms with E-state index in [9.17, 15) is 14.4 Å². The van der Waals surface area contributed by atoms with Crippen molar-refractivity contribution in [3.05, 3.63) is 0 Å². The number of hydrogen-bond acceptors (Lipinski definition) is 6. The van der Waals surface area contributed by atoms with Gasteiger partial charge in [-0.3, -0.25) is 19.4 Å². The average molecular weight is 441 g/mol. The Bertz CT molecular complexity index is 609. The number of nitrogens with zero attached hydrogens (tertiary/aromatic N) is 2. The Labute approximate surface area is 184 Å². The Morgan fingerprint density at radius 2 is 1.61 bits per heavy atom. The minimum atomic E-state index is -0.693. The highest BCUT2D eigenvalue weighted by Gasteiger charge is 2.32. The highest BCUT2D eigenvalue weighted by molar-refractivity contribution is 5.91. The second kappa shape index (κ2) is 14.6. The number of unbranched alkanes of at least 4 members (excludes halogenated alkanes) is 2. The second-order valence-corrected chi connectivity index (χ2v) is 8.09. The maximum absolute atomic E-state index is 13.2. The summed E-state index contributed by atoms with van der Waals surface area (Å²) >= 11 is 0. The van der Waals surface area contributed by atoms with Crippen molar-refractivity contribution in [1.29, 1.82) is 0 Å². The Balaban J connectivity index is 2.79. The van der Waals surface area contributed by atoms with Gasteiger partial charge in [0.25, 0.3) is 0 Å². The standard InChI is InChI=1S/C20H40N8O3/c1-14(29)26-16(6-2-4-9-21)18(30)27-17(7-3-5-10-22)19(31)28-11-8-15(13-28)12-25-20(23)24/h15-17H,2-13,21-22H2,1H3,(H,26,29)(H,27,30)(H4,23,24,25)/t15-,16+,17+/m1/s1. The molecule has 0 spiro atoms. The van der Waals surface area contributed by atoms with E-state index >= 15 is 0 Å². The molecule has 11 heteroatoms. The number of carbonyl (C=O) groups is 3. The fourth-order valence-corrected chi connectivity index (χ4v) is 3.67. The van der Waals surface area contributed by atoms with Gasteiger partial charge in [0.05, 0.1) is 0 Å². The molecule has 3 amide bonds. The van der Waals surface area contributed by atoms with Crippen molar-refractivity contribution < 1.29 is 14.4 Å². The van der Waals surface area contributed by atoms with Crippen LogP contribution in [-0.2, 0) is 14.4 Å². The molecule has 1 aliphatic heterocycles. The van der Waals surface area contributed by atoms with Gasteiger partial charge in [0.1, 0.15) is 12.1 Å². The van der Waals surface area contributed by atoms with Gasteiger partial charge < -0.3 is 38.5 Å². The summed E-state index contributed by atoms with van der Waals surface area (Å²) < 4.78 is 0. The minimum absolute atomic E-state index is 0.0374. The number of aliphatic imine (C=N–C) groups is 1. The molecule has 1 heterocycles. The SMILES string of the molecule is CC(=O)N[C@@H](CCCCN)C(=O)N[C@@H](CCCCN)C(=O)N1CC[C@H](CN=C(N)N)C1. The lowest BCUT2D eigenvalue weighted by Gasteiger charge is -2.26. The molecule has 1 fully saturated rings. The first-order valence-corrected chi connectivity index (χ1v) is 11.1. The van der Waals surface area contributed by atoms with Crippen LogP contribution in [-0.4, -0.2) is 73.4 Å². The monoisotopic (exact) mass is 440 g/mol. The normalized spacial score (nSPS) is 17.6. The van der Waals surface area contributed by atoms with Crippen molar-refractivity contribution in [3.8, 4) is 0 Å². The fourth-order valence-electron chi connectivity index (χ4n) is 3.67.